The number of carbonyl (C=O) groups is 1. The lowest BCUT2D eigenvalue weighted by atomic mass is 10.1. The molecule has 3 aromatic rings. The van der Waals surface area contributed by atoms with Crippen molar-refractivity contribution in [3.8, 4) is 0 Å². The number of hydrogen-bond acceptors (Lipinski definition) is 5. The molecule has 2 heterocycles. The number of imidazole rings is 1. The van der Waals surface area contributed by atoms with Crippen LogP contribution in [-0.4, -0.2) is 37.7 Å². The van der Waals surface area contributed by atoms with Crippen molar-refractivity contribution >= 4 is 23.0 Å². The summed E-state index contributed by atoms with van der Waals surface area (Å²) >= 11 is 0. The van der Waals surface area contributed by atoms with Crippen molar-refractivity contribution in [1.82, 2.24) is 24.0 Å². The highest BCUT2D eigenvalue weighted by molar-refractivity contribution is 5.80. The molecule has 9 nitrogen and oxygen atoms in total. The van der Waals surface area contributed by atoms with Gasteiger partial charge in [-0.1, -0.05) is 23.8 Å². The predicted octanol–water partition coefficient (Wildman–Crippen LogP) is 1.04. The van der Waals surface area contributed by atoms with E-state index in [2.05, 4.69) is 33.8 Å². The van der Waals surface area contributed by atoms with E-state index in [1.807, 2.05) is 18.4 Å². The lowest BCUT2D eigenvalue weighted by Gasteiger charge is -2.13. The molecule has 1 saturated carbocycles. The predicted molar refractivity (Wildman–Crippen MR) is 119 cm³/mol. The second-order valence-electron chi connectivity index (χ2n) is 8.32. The Morgan fingerprint density at radius 2 is 1.87 bits per heavy atom. The Labute approximate surface area is 179 Å². The standard InChI is InChI=1S/C22H28N6O3/c1-13-5-6-14(2)16(11-13)12-28-17-18(26(3)22(31)27(4)20(17)30)25-21(28)24-10-9-23-19(29)15-7-8-15/h5-6,11,15H,7-10,12H2,1-4H3,(H,23,29)(H,24,25). The zero-order valence-electron chi connectivity index (χ0n) is 18.4. The van der Waals surface area contributed by atoms with Crippen molar-refractivity contribution < 1.29 is 4.79 Å². The molecule has 1 amide bonds. The van der Waals surface area contributed by atoms with Gasteiger partial charge in [-0.15, -0.1) is 0 Å². The van der Waals surface area contributed by atoms with E-state index in [1.165, 1.54) is 11.6 Å². The first-order chi connectivity index (χ1) is 14.8. The summed E-state index contributed by atoms with van der Waals surface area (Å²) in [5.41, 5.74) is 3.21. The zero-order valence-corrected chi connectivity index (χ0v) is 18.4. The van der Waals surface area contributed by atoms with Gasteiger partial charge in [0.15, 0.2) is 11.2 Å². The molecule has 0 saturated heterocycles. The van der Waals surface area contributed by atoms with Crippen LogP contribution >= 0.6 is 0 Å². The fraction of sp³-hybridized carbons (Fsp3) is 0.455. The molecule has 1 aliphatic carbocycles. The van der Waals surface area contributed by atoms with E-state index in [-0.39, 0.29) is 17.4 Å². The van der Waals surface area contributed by atoms with Crippen LogP contribution in [-0.2, 0) is 25.4 Å². The molecule has 9 heteroatoms. The third kappa shape index (κ3) is 3.99. The number of amides is 1. The minimum atomic E-state index is -0.419. The van der Waals surface area contributed by atoms with Gasteiger partial charge in [-0.3, -0.25) is 23.3 Å². The first-order valence-electron chi connectivity index (χ1n) is 10.5. The quantitative estimate of drug-likeness (QED) is 0.552. The maximum absolute atomic E-state index is 13.0. The summed E-state index contributed by atoms with van der Waals surface area (Å²) in [5, 5.41) is 6.15. The largest absolute Gasteiger partial charge is 0.354 e. The number of hydrogen-bond donors (Lipinski definition) is 2. The van der Waals surface area contributed by atoms with E-state index in [0.29, 0.717) is 36.7 Å². The summed E-state index contributed by atoms with van der Waals surface area (Å²) < 4.78 is 4.31. The Hall–Kier alpha value is -3.36. The van der Waals surface area contributed by atoms with Crippen molar-refractivity contribution in [2.75, 3.05) is 18.4 Å². The molecule has 164 valence electrons. The normalized spacial score (nSPS) is 13.5. The summed E-state index contributed by atoms with van der Waals surface area (Å²) in [6.45, 7) is 5.41. The van der Waals surface area contributed by atoms with Gasteiger partial charge in [-0.2, -0.15) is 4.98 Å². The second-order valence-corrected chi connectivity index (χ2v) is 8.32. The Balaban J connectivity index is 1.72. The Bertz CT molecular complexity index is 1280. The topological polar surface area (TPSA) is 103 Å². The molecule has 2 N–H and O–H groups in total. The average molecular weight is 425 g/mol. The van der Waals surface area contributed by atoms with Crippen molar-refractivity contribution in [2.45, 2.75) is 33.2 Å². The van der Waals surface area contributed by atoms with Crippen LogP contribution in [0, 0.1) is 19.8 Å². The molecule has 2 aromatic heterocycles. The van der Waals surface area contributed by atoms with Crippen LogP contribution in [0.25, 0.3) is 11.2 Å². The summed E-state index contributed by atoms with van der Waals surface area (Å²) in [5.74, 6) is 0.739. The average Bonchev–Trinajstić information content (AvgIpc) is 3.53. The van der Waals surface area contributed by atoms with Crippen molar-refractivity contribution in [3.63, 3.8) is 0 Å². The molecule has 0 unspecified atom stereocenters. The summed E-state index contributed by atoms with van der Waals surface area (Å²) in [6.07, 6.45) is 1.92. The Morgan fingerprint density at radius 1 is 1.13 bits per heavy atom. The van der Waals surface area contributed by atoms with Crippen molar-refractivity contribution in [3.05, 3.63) is 55.7 Å². The lowest BCUT2D eigenvalue weighted by Crippen LogP contribution is -2.37. The van der Waals surface area contributed by atoms with Gasteiger partial charge in [0.2, 0.25) is 11.9 Å². The van der Waals surface area contributed by atoms with E-state index < -0.39 is 5.69 Å². The molecule has 1 aromatic carbocycles. The molecular weight excluding hydrogens is 396 g/mol. The van der Waals surface area contributed by atoms with Gasteiger partial charge in [0.25, 0.3) is 5.56 Å². The first kappa shape index (κ1) is 20.9. The number of nitrogens with zero attached hydrogens (tertiary/aromatic N) is 4. The van der Waals surface area contributed by atoms with E-state index in [9.17, 15) is 14.4 Å². The molecular formula is C22H28N6O3. The van der Waals surface area contributed by atoms with Crippen LogP contribution in [0.5, 0.6) is 0 Å². The third-order valence-electron chi connectivity index (χ3n) is 5.84. The summed E-state index contributed by atoms with van der Waals surface area (Å²) in [4.78, 5) is 41.8. The summed E-state index contributed by atoms with van der Waals surface area (Å²) in [7, 11) is 3.08. The third-order valence-corrected chi connectivity index (χ3v) is 5.84. The summed E-state index contributed by atoms with van der Waals surface area (Å²) in [6, 6.07) is 6.20. The maximum atomic E-state index is 13.0. The minimum absolute atomic E-state index is 0.0851. The number of benzene rings is 1. The minimum Gasteiger partial charge on any atom is -0.354 e. The van der Waals surface area contributed by atoms with E-state index in [1.54, 1.807) is 7.05 Å². The number of anilines is 1. The van der Waals surface area contributed by atoms with Crippen molar-refractivity contribution in [1.29, 1.82) is 0 Å². The highest BCUT2D eigenvalue weighted by atomic mass is 16.2. The van der Waals surface area contributed by atoms with Crippen LogP contribution in [0.4, 0.5) is 5.95 Å². The first-order valence-corrected chi connectivity index (χ1v) is 10.5. The number of aryl methyl sites for hydroxylation is 3. The van der Waals surface area contributed by atoms with Gasteiger partial charge < -0.3 is 10.6 Å². The molecule has 0 spiro atoms. The number of nitrogens with one attached hydrogen (secondary N) is 2. The fourth-order valence-corrected chi connectivity index (χ4v) is 3.73. The molecule has 4 rings (SSSR count). The van der Waals surface area contributed by atoms with Crippen LogP contribution in [0.1, 0.15) is 29.5 Å². The van der Waals surface area contributed by atoms with Gasteiger partial charge in [-0.05, 0) is 37.8 Å². The highest BCUT2D eigenvalue weighted by Crippen LogP contribution is 2.28. The SMILES string of the molecule is Cc1ccc(C)c(Cn2c(NCCNC(=O)C3CC3)nc3c2c(=O)n(C)c(=O)n3C)c1. The molecule has 31 heavy (non-hydrogen) atoms. The van der Waals surface area contributed by atoms with E-state index in [0.717, 1.165) is 34.1 Å². The molecule has 1 aliphatic rings. The van der Waals surface area contributed by atoms with Gasteiger partial charge in [0, 0.05) is 33.1 Å². The van der Waals surface area contributed by atoms with Crippen molar-refractivity contribution in [2.24, 2.45) is 20.0 Å². The van der Waals surface area contributed by atoms with Crippen LogP contribution in [0.2, 0.25) is 0 Å². The number of aromatic nitrogens is 4. The van der Waals surface area contributed by atoms with Gasteiger partial charge in [0.1, 0.15) is 0 Å². The van der Waals surface area contributed by atoms with Crippen LogP contribution < -0.4 is 21.9 Å². The molecule has 1 fully saturated rings. The second kappa shape index (κ2) is 8.05. The van der Waals surface area contributed by atoms with E-state index >= 15 is 0 Å². The van der Waals surface area contributed by atoms with Crippen LogP contribution in [0.15, 0.2) is 27.8 Å². The number of rotatable bonds is 7. The number of carbonyl (C=O) groups excluding carboxylic acids is 1. The molecule has 0 aliphatic heterocycles. The highest BCUT2D eigenvalue weighted by Gasteiger charge is 2.29. The number of fused-ring (bicyclic) bond motifs is 1. The Kier molecular flexibility index (Phi) is 5.43. The van der Waals surface area contributed by atoms with Gasteiger partial charge >= 0.3 is 5.69 Å². The monoisotopic (exact) mass is 424 g/mol. The lowest BCUT2D eigenvalue weighted by molar-refractivity contribution is -0.122. The fourth-order valence-electron chi connectivity index (χ4n) is 3.73. The molecule has 0 radical (unpaired) electrons. The smallest absolute Gasteiger partial charge is 0.332 e. The van der Waals surface area contributed by atoms with Crippen LogP contribution in [0.3, 0.4) is 0 Å². The Morgan fingerprint density at radius 3 is 2.58 bits per heavy atom. The van der Waals surface area contributed by atoms with Gasteiger partial charge in [-0.25, -0.2) is 4.79 Å². The van der Waals surface area contributed by atoms with Gasteiger partial charge in [0.05, 0.1) is 6.54 Å². The zero-order chi connectivity index (χ0) is 22.3. The maximum Gasteiger partial charge on any atom is 0.332 e. The van der Waals surface area contributed by atoms with E-state index in [4.69, 9.17) is 0 Å². The molecule has 0 atom stereocenters. The molecule has 0 bridgehead atoms.